The predicted octanol–water partition coefficient (Wildman–Crippen LogP) is 0.790. The fourth-order valence-corrected chi connectivity index (χ4v) is 1.48. The highest BCUT2D eigenvalue weighted by molar-refractivity contribution is 4.72. The van der Waals surface area contributed by atoms with Gasteiger partial charge >= 0.3 is 0 Å². The standard InChI is InChI=1S/C9H19NO2/c1-3-8-4-5-12-9(6-10-8)7-11-2/h8-10H,3-7H2,1-2H3. The summed E-state index contributed by atoms with van der Waals surface area (Å²) in [5, 5.41) is 3.46. The SMILES string of the molecule is CCC1CCOC(COC)CN1. The first-order valence-electron chi connectivity index (χ1n) is 4.70. The molecule has 0 aromatic heterocycles. The van der Waals surface area contributed by atoms with Gasteiger partial charge in [-0.25, -0.2) is 0 Å². The Morgan fingerprint density at radius 1 is 1.58 bits per heavy atom. The van der Waals surface area contributed by atoms with E-state index in [4.69, 9.17) is 9.47 Å². The van der Waals surface area contributed by atoms with Gasteiger partial charge in [-0.3, -0.25) is 0 Å². The van der Waals surface area contributed by atoms with Gasteiger partial charge in [0.2, 0.25) is 0 Å². The minimum atomic E-state index is 0.242. The van der Waals surface area contributed by atoms with Crippen LogP contribution < -0.4 is 5.32 Å². The second kappa shape index (κ2) is 5.51. The summed E-state index contributed by atoms with van der Waals surface area (Å²) in [7, 11) is 1.71. The zero-order valence-electron chi connectivity index (χ0n) is 8.01. The molecule has 1 N–H and O–H groups in total. The minimum absolute atomic E-state index is 0.242. The van der Waals surface area contributed by atoms with Crippen molar-refractivity contribution in [3.63, 3.8) is 0 Å². The largest absolute Gasteiger partial charge is 0.382 e. The van der Waals surface area contributed by atoms with Gasteiger partial charge in [0.25, 0.3) is 0 Å². The number of hydrogen-bond acceptors (Lipinski definition) is 3. The molecule has 2 atom stereocenters. The van der Waals surface area contributed by atoms with Crippen LogP contribution in [0.2, 0.25) is 0 Å². The van der Waals surface area contributed by atoms with Crippen LogP contribution >= 0.6 is 0 Å². The summed E-state index contributed by atoms with van der Waals surface area (Å²) in [6.45, 7) is 4.68. The maximum atomic E-state index is 5.59. The first-order valence-corrected chi connectivity index (χ1v) is 4.70. The van der Waals surface area contributed by atoms with Gasteiger partial charge in [0.1, 0.15) is 0 Å². The second-order valence-electron chi connectivity index (χ2n) is 3.25. The van der Waals surface area contributed by atoms with E-state index in [0.29, 0.717) is 12.6 Å². The topological polar surface area (TPSA) is 30.5 Å². The van der Waals surface area contributed by atoms with Crippen LogP contribution in [0, 0.1) is 0 Å². The number of nitrogens with one attached hydrogen (secondary N) is 1. The van der Waals surface area contributed by atoms with E-state index in [1.165, 1.54) is 6.42 Å². The van der Waals surface area contributed by atoms with Crippen molar-refractivity contribution in [2.75, 3.05) is 26.9 Å². The van der Waals surface area contributed by atoms with Crippen LogP contribution in [0.5, 0.6) is 0 Å². The van der Waals surface area contributed by atoms with Crippen molar-refractivity contribution < 1.29 is 9.47 Å². The normalized spacial score (nSPS) is 31.5. The molecule has 0 amide bonds. The minimum Gasteiger partial charge on any atom is -0.382 e. The van der Waals surface area contributed by atoms with Gasteiger partial charge in [0, 0.05) is 26.3 Å². The van der Waals surface area contributed by atoms with E-state index in [-0.39, 0.29) is 6.10 Å². The van der Waals surface area contributed by atoms with Crippen LogP contribution in [0.15, 0.2) is 0 Å². The maximum absolute atomic E-state index is 5.59. The zero-order chi connectivity index (χ0) is 8.81. The molecule has 1 heterocycles. The zero-order valence-corrected chi connectivity index (χ0v) is 8.01. The molecule has 1 fully saturated rings. The lowest BCUT2D eigenvalue weighted by Gasteiger charge is -2.14. The first-order chi connectivity index (χ1) is 5.86. The van der Waals surface area contributed by atoms with Gasteiger partial charge in [0.05, 0.1) is 12.7 Å². The molecule has 0 bridgehead atoms. The van der Waals surface area contributed by atoms with E-state index in [2.05, 4.69) is 12.2 Å². The van der Waals surface area contributed by atoms with Crippen LogP contribution in [-0.2, 0) is 9.47 Å². The number of hydrogen-bond donors (Lipinski definition) is 1. The van der Waals surface area contributed by atoms with E-state index < -0.39 is 0 Å². The Morgan fingerprint density at radius 3 is 3.08 bits per heavy atom. The van der Waals surface area contributed by atoms with Gasteiger partial charge < -0.3 is 14.8 Å². The first kappa shape index (κ1) is 9.96. The highest BCUT2D eigenvalue weighted by atomic mass is 16.5. The Balaban J connectivity index is 2.24. The third-order valence-electron chi connectivity index (χ3n) is 2.30. The van der Waals surface area contributed by atoms with Gasteiger partial charge in [0.15, 0.2) is 0 Å². The Hall–Kier alpha value is -0.120. The fourth-order valence-electron chi connectivity index (χ4n) is 1.48. The van der Waals surface area contributed by atoms with Crippen molar-refractivity contribution in [1.29, 1.82) is 0 Å². The molecular weight excluding hydrogens is 154 g/mol. The van der Waals surface area contributed by atoms with Crippen LogP contribution in [-0.4, -0.2) is 39.0 Å². The molecule has 12 heavy (non-hydrogen) atoms. The summed E-state index contributed by atoms with van der Waals surface area (Å²) in [6.07, 6.45) is 2.55. The summed E-state index contributed by atoms with van der Waals surface area (Å²) in [5.41, 5.74) is 0. The Bertz CT molecular complexity index is 119. The third-order valence-corrected chi connectivity index (χ3v) is 2.30. The molecule has 1 aliphatic heterocycles. The van der Waals surface area contributed by atoms with Crippen molar-refractivity contribution in [2.45, 2.75) is 31.9 Å². The summed E-state index contributed by atoms with van der Waals surface area (Å²) in [5.74, 6) is 0. The van der Waals surface area contributed by atoms with Crippen molar-refractivity contribution in [3.05, 3.63) is 0 Å². The molecular formula is C9H19NO2. The van der Waals surface area contributed by atoms with Crippen LogP contribution in [0.25, 0.3) is 0 Å². The van der Waals surface area contributed by atoms with Crippen LogP contribution in [0.1, 0.15) is 19.8 Å². The third kappa shape index (κ3) is 3.09. The molecule has 0 aliphatic carbocycles. The molecule has 0 aromatic carbocycles. The van der Waals surface area contributed by atoms with Crippen molar-refractivity contribution in [1.82, 2.24) is 5.32 Å². The number of methoxy groups -OCH3 is 1. The molecule has 72 valence electrons. The van der Waals surface area contributed by atoms with Crippen LogP contribution in [0.4, 0.5) is 0 Å². The fraction of sp³-hybridized carbons (Fsp3) is 1.00. The Kier molecular flexibility index (Phi) is 4.58. The summed E-state index contributed by atoms with van der Waals surface area (Å²) >= 11 is 0. The smallest absolute Gasteiger partial charge is 0.0932 e. The summed E-state index contributed by atoms with van der Waals surface area (Å²) in [4.78, 5) is 0. The highest BCUT2D eigenvalue weighted by Crippen LogP contribution is 2.05. The van der Waals surface area contributed by atoms with Gasteiger partial charge in [-0.2, -0.15) is 0 Å². The second-order valence-corrected chi connectivity index (χ2v) is 3.25. The summed E-state index contributed by atoms with van der Waals surface area (Å²) < 4.78 is 10.6. The van der Waals surface area contributed by atoms with Gasteiger partial charge in [-0.15, -0.1) is 0 Å². The molecule has 0 radical (unpaired) electrons. The average Bonchev–Trinajstić information content (AvgIpc) is 2.31. The van der Waals surface area contributed by atoms with E-state index in [9.17, 15) is 0 Å². The molecule has 3 heteroatoms. The Morgan fingerprint density at radius 2 is 2.42 bits per heavy atom. The molecule has 1 aliphatic rings. The quantitative estimate of drug-likeness (QED) is 0.684. The molecule has 3 nitrogen and oxygen atoms in total. The van der Waals surface area contributed by atoms with Crippen molar-refractivity contribution >= 4 is 0 Å². The molecule has 2 unspecified atom stereocenters. The Labute approximate surface area is 74.4 Å². The van der Waals surface area contributed by atoms with Gasteiger partial charge in [-0.05, 0) is 12.8 Å². The van der Waals surface area contributed by atoms with E-state index in [1.54, 1.807) is 7.11 Å². The predicted molar refractivity (Wildman–Crippen MR) is 48.3 cm³/mol. The van der Waals surface area contributed by atoms with E-state index >= 15 is 0 Å². The molecule has 1 saturated heterocycles. The molecule has 0 saturated carbocycles. The van der Waals surface area contributed by atoms with Crippen molar-refractivity contribution in [3.8, 4) is 0 Å². The highest BCUT2D eigenvalue weighted by Gasteiger charge is 2.16. The van der Waals surface area contributed by atoms with Crippen LogP contribution in [0.3, 0.4) is 0 Å². The number of ether oxygens (including phenoxy) is 2. The lowest BCUT2D eigenvalue weighted by atomic mass is 10.2. The number of rotatable bonds is 3. The van der Waals surface area contributed by atoms with E-state index in [0.717, 1.165) is 19.6 Å². The lowest BCUT2D eigenvalue weighted by molar-refractivity contribution is 0.00865. The summed E-state index contributed by atoms with van der Waals surface area (Å²) in [6, 6.07) is 0.631. The van der Waals surface area contributed by atoms with Crippen molar-refractivity contribution in [2.24, 2.45) is 0 Å². The molecule has 0 aromatic rings. The maximum Gasteiger partial charge on any atom is 0.0932 e. The van der Waals surface area contributed by atoms with E-state index in [1.807, 2.05) is 0 Å². The lowest BCUT2D eigenvalue weighted by Crippen LogP contribution is -2.34. The van der Waals surface area contributed by atoms with Gasteiger partial charge in [-0.1, -0.05) is 6.92 Å². The molecule has 0 spiro atoms. The monoisotopic (exact) mass is 173 g/mol. The average molecular weight is 173 g/mol. The molecule has 1 rings (SSSR count).